The van der Waals surface area contributed by atoms with E-state index in [1.54, 1.807) is 11.8 Å². The van der Waals surface area contributed by atoms with Gasteiger partial charge in [0.25, 0.3) is 0 Å². The van der Waals surface area contributed by atoms with E-state index in [0.717, 1.165) is 16.9 Å². The number of benzene rings is 2. The van der Waals surface area contributed by atoms with Gasteiger partial charge in [-0.15, -0.1) is 0 Å². The molecule has 2 rings (SSSR count). The first kappa shape index (κ1) is 21.1. The van der Waals surface area contributed by atoms with Crippen LogP contribution in [0.2, 0.25) is 0 Å². The van der Waals surface area contributed by atoms with Crippen LogP contribution in [0.5, 0.6) is 11.5 Å². The van der Waals surface area contributed by atoms with E-state index in [4.69, 9.17) is 4.52 Å². The van der Waals surface area contributed by atoms with Crippen molar-refractivity contribution in [1.82, 2.24) is 0 Å². The quantitative estimate of drug-likeness (QED) is 0.577. The number of hydrogen-bond donors (Lipinski definition) is 1. The minimum atomic E-state index is -0.101. The molecule has 2 aromatic rings. The molecule has 0 aliphatic carbocycles. The molecule has 0 heterocycles. The van der Waals surface area contributed by atoms with Gasteiger partial charge in [0.2, 0.25) is 0 Å². The lowest BCUT2D eigenvalue weighted by Gasteiger charge is -2.25. The van der Waals surface area contributed by atoms with Gasteiger partial charge in [-0.05, 0) is 60.1 Å². The Balaban J connectivity index is 2.55. The van der Waals surface area contributed by atoms with E-state index in [0.29, 0.717) is 5.75 Å². The molecule has 0 aliphatic rings. The predicted octanol–water partition coefficient (Wildman–Crippen LogP) is 6.92. The third kappa shape index (κ3) is 4.56. The summed E-state index contributed by atoms with van der Waals surface area (Å²) in [6.07, 6.45) is 0. The molecule has 0 spiro atoms. The highest BCUT2D eigenvalue weighted by Gasteiger charge is 2.23. The Bertz CT molecular complexity index is 814. The Morgan fingerprint density at radius 3 is 1.73 bits per heavy atom. The van der Waals surface area contributed by atoms with Crippen LogP contribution in [0.3, 0.4) is 0 Å². The molecule has 0 bridgehead atoms. The molecule has 1 atom stereocenters. The first-order chi connectivity index (χ1) is 11.8. The van der Waals surface area contributed by atoms with Gasteiger partial charge in [0, 0.05) is 20.9 Å². The van der Waals surface area contributed by atoms with E-state index >= 15 is 0 Å². The second-order valence-electron chi connectivity index (χ2n) is 8.97. The maximum Gasteiger partial charge on any atom is 0.126 e. The summed E-state index contributed by atoms with van der Waals surface area (Å²) < 4.78 is 5.54. The Morgan fingerprint density at radius 2 is 1.27 bits per heavy atom. The van der Waals surface area contributed by atoms with E-state index in [9.17, 15) is 5.11 Å². The van der Waals surface area contributed by atoms with Gasteiger partial charge in [-0.2, -0.15) is 0 Å². The molecule has 0 aliphatic heterocycles. The standard InChI is InChI=1S/C22H31O2PS/c1-13-9-17(23)15(21(3,4)5)11-19(13)26-20-12-16(22(6,7)8)18(24-25)10-14(20)2/h9-12,23H,25H2,1-8H3. The third-order valence-electron chi connectivity index (χ3n) is 4.53. The van der Waals surface area contributed by atoms with Gasteiger partial charge < -0.3 is 9.63 Å². The molecule has 0 saturated carbocycles. The minimum Gasteiger partial charge on any atom is -0.508 e. The maximum atomic E-state index is 10.4. The van der Waals surface area contributed by atoms with Gasteiger partial charge in [-0.1, -0.05) is 53.3 Å². The molecule has 26 heavy (non-hydrogen) atoms. The van der Waals surface area contributed by atoms with Crippen LogP contribution in [0.4, 0.5) is 0 Å². The van der Waals surface area contributed by atoms with Crippen molar-refractivity contribution in [2.45, 2.75) is 76.0 Å². The van der Waals surface area contributed by atoms with E-state index in [-0.39, 0.29) is 10.8 Å². The Kier molecular flexibility index (Phi) is 6.05. The van der Waals surface area contributed by atoms with Crippen LogP contribution in [0.15, 0.2) is 34.1 Å². The molecule has 0 aromatic heterocycles. The van der Waals surface area contributed by atoms with Crippen LogP contribution in [-0.2, 0) is 10.8 Å². The lowest BCUT2D eigenvalue weighted by molar-refractivity contribution is 0.445. The zero-order valence-corrected chi connectivity index (χ0v) is 19.1. The topological polar surface area (TPSA) is 29.5 Å². The lowest BCUT2D eigenvalue weighted by Crippen LogP contribution is -2.13. The average Bonchev–Trinajstić information content (AvgIpc) is 2.48. The van der Waals surface area contributed by atoms with E-state index in [1.807, 2.05) is 6.07 Å². The first-order valence-corrected chi connectivity index (χ1v) is 10.2. The molecular formula is C22H31O2PS. The molecule has 1 unspecified atom stereocenters. The summed E-state index contributed by atoms with van der Waals surface area (Å²) in [4.78, 5) is 2.39. The molecule has 1 N–H and O–H groups in total. The van der Waals surface area contributed by atoms with Gasteiger partial charge >= 0.3 is 0 Å². The summed E-state index contributed by atoms with van der Waals surface area (Å²) in [5.74, 6) is 1.28. The maximum absolute atomic E-state index is 10.4. The normalized spacial score (nSPS) is 12.3. The summed E-state index contributed by atoms with van der Waals surface area (Å²) in [5.41, 5.74) is 4.33. The number of hydrogen-bond acceptors (Lipinski definition) is 3. The number of aromatic hydroxyl groups is 1. The van der Waals surface area contributed by atoms with Gasteiger partial charge in [0.05, 0.1) is 9.47 Å². The molecule has 0 fully saturated rings. The van der Waals surface area contributed by atoms with Gasteiger partial charge in [0.1, 0.15) is 11.5 Å². The lowest BCUT2D eigenvalue weighted by atomic mass is 9.86. The van der Waals surface area contributed by atoms with Crippen molar-refractivity contribution in [3.05, 3.63) is 46.5 Å². The number of aryl methyl sites for hydroxylation is 2. The summed E-state index contributed by atoms with van der Waals surface area (Å²) >= 11 is 1.76. The van der Waals surface area contributed by atoms with Crippen molar-refractivity contribution in [1.29, 1.82) is 0 Å². The smallest absolute Gasteiger partial charge is 0.126 e. The molecule has 0 amide bonds. The fraction of sp³-hybridized carbons (Fsp3) is 0.455. The van der Waals surface area contributed by atoms with Crippen LogP contribution in [0.1, 0.15) is 63.8 Å². The van der Waals surface area contributed by atoms with Gasteiger partial charge in [-0.3, -0.25) is 0 Å². The predicted molar refractivity (Wildman–Crippen MR) is 116 cm³/mol. The van der Waals surface area contributed by atoms with Crippen molar-refractivity contribution in [2.24, 2.45) is 0 Å². The zero-order chi connectivity index (χ0) is 19.9. The molecule has 0 radical (unpaired) electrons. The van der Waals surface area contributed by atoms with E-state index in [2.05, 4.69) is 83.1 Å². The largest absolute Gasteiger partial charge is 0.508 e. The average molecular weight is 391 g/mol. The summed E-state index contributed by atoms with van der Waals surface area (Å²) in [5, 5.41) is 10.4. The van der Waals surface area contributed by atoms with Crippen molar-refractivity contribution in [3.63, 3.8) is 0 Å². The number of phenolic OH excluding ortho intramolecular Hbond substituents is 1. The minimum absolute atomic E-state index is 0.00448. The van der Waals surface area contributed by atoms with Gasteiger partial charge in [0.15, 0.2) is 0 Å². The monoisotopic (exact) mass is 390 g/mol. The van der Waals surface area contributed by atoms with Crippen LogP contribution in [-0.4, -0.2) is 5.11 Å². The molecular weight excluding hydrogens is 359 g/mol. The third-order valence-corrected chi connectivity index (χ3v) is 6.11. The second kappa shape index (κ2) is 7.44. The van der Waals surface area contributed by atoms with Crippen LogP contribution in [0, 0.1) is 13.8 Å². The van der Waals surface area contributed by atoms with Crippen LogP contribution in [0.25, 0.3) is 0 Å². The fourth-order valence-electron chi connectivity index (χ4n) is 2.96. The Morgan fingerprint density at radius 1 is 0.808 bits per heavy atom. The van der Waals surface area contributed by atoms with Gasteiger partial charge in [-0.25, -0.2) is 0 Å². The van der Waals surface area contributed by atoms with Crippen molar-refractivity contribution < 1.29 is 9.63 Å². The molecule has 2 nitrogen and oxygen atoms in total. The van der Waals surface area contributed by atoms with Crippen molar-refractivity contribution in [3.8, 4) is 11.5 Å². The van der Waals surface area contributed by atoms with Crippen LogP contribution < -0.4 is 4.52 Å². The second-order valence-corrected chi connectivity index (χ2v) is 10.3. The number of phenols is 1. The highest BCUT2D eigenvalue weighted by Crippen LogP contribution is 2.43. The highest BCUT2D eigenvalue weighted by atomic mass is 32.2. The molecule has 0 saturated heterocycles. The molecule has 4 heteroatoms. The fourth-order valence-corrected chi connectivity index (χ4v) is 4.18. The zero-order valence-electron chi connectivity index (χ0n) is 17.2. The SMILES string of the molecule is Cc1cc(O)c(C(C)(C)C)cc1Sc1cc(C(C)(C)C)c(OP)cc1C. The first-order valence-electron chi connectivity index (χ1n) is 8.88. The Labute approximate surface area is 165 Å². The Hall–Kier alpha value is -1.18. The van der Waals surface area contributed by atoms with Crippen LogP contribution >= 0.6 is 21.2 Å². The summed E-state index contributed by atoms with van der Waals surface area (Å²) in [7, 11) is 2.36. The van der Waals surface area contributed by atoms with Crippen molar-refractivity contribution in [2.75, 3.05) is 0 Å². The number of rotatable bonds is 3. The van der Waals surface area contributed by atoms with E-state index in [1.165, 1.54) is 20.9 Å². The molecule has 142 valence electrons. The van der Waals surface area contributed by atoms with Crippen molar-refractivity contribution >= 4 is 21.2 Å². The summed E-state index contributed by atoms with van der Waals surface area (Å²) in [6, 6.07) is 8.35. The highest BCUT2D eigenvalue weighted by molar-refractivity contribution is 7.99. The summed E-state index contributed by atoms with van der Waals surface area (Å²) in [6.45, 7) is 17.1. The van der Waals surface area contributed by atoms with E-state index < -0.39 is 0 Å². The molecule has 2 aromatic carbocycles.